The second-order valence-electron chi connectivity index (χ2n) is 8.67. The third-order valence-corrected chi connectivity index (χ3v) is 6.13. The predicted octanol–water partition coefficient (Wildman–Crippen LogP) is 4.02. The Labute approximate surface area is 205 Å². The molecule has 35 heavy (non-hydrogen) atoms. The number of hydrogen-bond acceptors (Lipinski definition) is 3. The third-order valence-electron chi connectivity index (χ3n) is 6.13. The summed E-state index contributed by atoms with van der Waals surface area (Å²) < 4.78 is 13.6. The maximum absolute atomic E-state index is 13.6. The maximum Gasteiger partial charge on any atom is 0.252 e. The summed E-state index contributed by atoms with van der Waals surface area (Å²) in [5.74, 6) is -1.05. The number of piperazine rings is 1. The molecule has 0 bridgehead atoms. The van der Waals surface area contributed by atoms with Crippen LogP contribution in [0.4, 0.5) is 4.39 Å². The number of carbonyl (C=O) groups excluding carboxylic acids is 2. The molecule has 0 spiro atoms. The molecule has 180 valence electrons. The number of carbonyl (C=O) groups is 2. The Kier molecular flexibility index (Phi) is 8.41. The van der Waals surface area contributed by atoms with Gasteiger partial charge >= 0.3 is 0 Å². The highest BCUT2D eigenvalue weighted by Gasteiger charge is 2.29. The van der Waals surface area contributed by atoms with Crippen molar-refractivity contribution in [3.8, 4) is 0 Å². The van der Waals surface area contributed by atoms with Gasteiger partial charge in [-0.3, -0.25) is 14.5 Å². The minimum Gasteiger partial charge on any atom is -0.340 e. The van der Waals surface area contributed by atoms with Crippen LogP contribution in [0.1, 0.15) is 21.5 Å². The topological polar surface area (TPSA) is 52.7 Å². The Bertz CT molecular complexity index is 1140. The van der Waals surface area contributed by atoms with E-state index in [4.69, 9.17) is 0 Å². The molecule has 1 heterocycles. The van der Waals surface area contributed by atoms with Crippen molar-refractivity contribution in [3.63, 3.8) is 0 Å². The average Bonchev–Trinajstić information content (AvgIpc) is 2.89. The molecular weight excluding hydrogens is 441 g/mol. The summed E-state index contributed by atoms with van der Waals surface area (Å²) in [4.78, 5) is 30.4. The molecule has 0 aromatic heterocycles. The van der Waals surface area contributed by atoms with Crippen LogP contribution in [0.3, 0.4) is 0 Å². The standard InChI is InChI=1S/C29H30FN3O2/c30-26-15-7-14-25(22-26)28(34)31-27(21-24-11-5-2-6-12-24)29(35)33-19-17-32(18-20-33)16-8-13-23-9-3-1-4-10-23/h1-15,22,27H,16-21H2,(H,31,34)/b13-8+. The molecule has 0 aliphatic carbocycles. The number of rotatable bonds is 8. The van der Waals surface area contributed by atoms with Crippen LogP contribution < -0.4 is 5.32 Å². The summed E-state index contributed by atoms with van der Waals surface area (Å²) in [6.45, 7) is 3.54. The van der Waals surface area contributed by atoms with E-state index in [0.717, 1.165) is 25.2 Å². The average molecular weight is 472 g/mol. The lowest BCUT2D eigenvalue weighted by Crippen LogP contribution is -2.55. The summed E-state index contributed by atoms with van der Waals surface area (Å²) >= 11 is 0. The van der Waals surface area contributed by atoms with Gasteiger partial charge in [-0.1, -0.05) is 78.9 Å². The van der Waals surface area contributed by atoms with E-state index < -0.39 is 17.8 Å². The van der Waals surface area contributed by atoms with E-state index in [0.29, 0.717) is 19.5 Å². The summed E-state index contributed by atoms with van der Waals surface area (Å²) in [5.41, 5.74) is 2.32. The molecule has 4 rings (SSSR count). The lowest BCUT2D eigenvalue weighted by Gasteiger charge is -2.36. The minimum absolute atomic E-state index is 0.113. The van der Waals surface area contributed by atoms with Gasteiger partial charge in [0, 0.05) is 44.7 Å². The predicted molar refractivity (Wildman–Crippen MR) is 136 cm³/mol. The largest absolute Gasteiger partial charge is 0.340 e. The Morgan fingerprint density at radius 2 is 1.57 bits per heavy atom. The monoisotopic (exact) mass is 471 g/mol. The second kappa shape index (κ2) is 12.1. The minimum atomic E-state index is -0.724. The second-order valence-corrected chi connectivity index (χ2v) is 8.67. The maximum atomic E-state index is 13.6. The number of benzene rings is 3. The quantitative estimate of drug-likeness (QED) is 0.540. The Morgan fingerprint density at radius 1 is 0.886 bits per heavy atom. The molecular formula is C29H30FN3O2. The first kappa shape index (κ1) is 24.4. The van der Waals surface area contributed by atoms with E-state index in [2.05, 4.69) is 34.5 Å². The molecule has 1 fully saturated rings. The van der Waals surface area contributed by atoms with Gasteiger partial charge in [0.1, 0.15) is 11.9 Å². The first-order valence-corrected chi connectivity index (χ1v) is 11.9. The van der Waals surface area contributed by atoms with Crippen molar-refractivity contribution >= 4 is 17.9 Å². The van der Waals surface area contributed by atoms with Gasteiger partial charge in [0.2, 0.25) is 5.91 Å². The Hall–Kier alpha value is -3.77. The highest BCUT2D eigenvalue weighted by molar-refractivity contribution is 5.97. The van der Waals surface area contributed by atoms with Crippen LogP contribution in [0, 0.1) is 5.82 Å². The van der Waals surface area contributed by atoms with Crippen molar-refractivity contribution < 1.29 is 14.0 Å². The molecule has 5 nitrogen and oxygen atoms in total. The zero-order valence-corrected chi connectivity index (χ0v) is 19.6. The molecule has 3 aromatic carbocycles. The molecule has 1 saturated heterocycles. The SMILES string of the molecule is O=C(NC(Cc1ccccc1)C(=O)N1CCN(C/C=C/c2ccccc2)CC1)c1cccc(F)c1. The molecule has 0 radical (unpaired) electrons. The van der Waals surface area contributed by atoms with Crippen LogP contribution in [-0.4, -0.2) is 60.4 Å². The Balaban J connectivity index is 1.37. The van der Waals surface area contributed by atoms with Crippen LogP contribution in [0.5, 0.6) is 0 Å². The van der Waals surface area contributed by atoms with Gasteiger partial charge in [-0.15, -0.1) is 0 Å². The molecule has 1 atom stereocenters. The van der Waals surface area contributed by atoms with Crippen molar-refractivity contribution in [2.45, 2.75) is 12.5 Å². The van der Waals surface area contributed by atoms with Crippen molar-refractivity contribution in [1.82, 2.24) is 15.1 Å². The molecule has 2 amide bonds. The molecule has 3 aromatic rings. The zero-order valence-electron chi connectivity index (χ0n) is 19.6. The normalized spacial score (nSPS) is 15.2. The Morgan fingerprint density at radius 3 is 2.26 bits per heavy atom. The fourth-order valence-corrected chi connectivity index (χ4v) is 4.19. The lowest BCUT2D eigenvalue weighted by atomic mass is 10.0. The number of halogens is 1. The first-order chi connectivity index (χ1) is 17.1. The van der Waals surface area contributed by atoms with Crippen LogP contribution in [-0.2, 0) is 11.2 Å². The van der Waals surface area contributed by atoms with E-state index in [9.17, 15) is 14.0 Å². The fourth-order valence-electron chi connectivity index (χ4n) is 4.19. The molecule has 1 aliphatic heterocycles. The molecule has 1 aliphatic rings. The fraction of sp³-hybridized carbons (Fsp3) is 0.241. The highest BCUT2D eigenvalue weighted by atomic mass is 19.1. The van der Waals surface area contributed by atoms with Gasteiger partial charge in [-0.25, -0.2) is 4.39 Å². The van der Waals surface area contributed by atoms with Crippen molar-refractivity contribution in [3.05, 3.63) is 114 Å². The molecule has 1 unspecified atom stereocenters. The van der Waals surface area contributed by atoms with E-state index in [1.807, 2.05) is 53.4 Å². The van der Waals surface area contributed by atoms with Gasteiger partial charge in [-0.05, 0) is 29.3 Å². The van der Waals surface area contributed by atoms with Crippen LogP contribution in [0.25, 0.3) is 6.08 Å². The van der Waals surface area contributed by atoms with Gasteiger partial charge in [-0.2, -0.15) is 0 Å². The van der Waals surface area contributed by atoms with E-state index in [-0.39, 0.29) is 11.5 Å². The van der Waals surface area contributed by atoms with E-state index >= 15 is 0 Å². The van der Waals surface area contributed by atoms with Gasteiger partial charge < -0.3 is 10.2 Å². The summed E-state index contributed by atoms with van der Waals surface area (Å²) in [6.07, 6.45) is 4.63. The van der Waals surface area contributed by atoms with E-state index in [1.54, 1.807) is 6.07 Å². The highest BCUT2D eigenvalue weighted by Crippen LogP contribution is 2.12. The zero-order chi connectivity index (χ0) is 24.5. The van der Waals surface area contributed by atoms with Gasteiger partial charge in [0.15, 0.2) is 0 Å². The van der Waals surface area contributed by atoms with Crippen molar-refractivity contribution in [1.29, 1.82) is 0 Å². The van der Waals surface area contributed by atoms with Gasteiger partial charge in [0.05, 0.1) is 0 Å². The lowest BCUT2D eigenvalue weighted by molar-refractivity contribution is -0.134. The summed E-state index contributed by atoms with van der Waals surface area (Å²) in [5, 5.41) is 2.85. The third kappa shape index (κ3) is 7.11. The van der Waals surface area contributed by atoms with Crippen LogP contribution >= 0.6 is 0 Å². The molecule has 6 heteroatoms. The molecule has 1 N–H and O–H groups in total. The summed E-state index contributed by atoms with van der Waals surface area (Å²) in [7, 11) is 0. The number of amides is 2. The van der Waals surface area contributed by atoms with Crippen molar-refractivity contribution in [2.75, 3.05) is 32.7 Å². The van der Waals surface area contributed by atoms with Crippen molar-refractivity contribution in [2.24, 2.45) is 0 Å². The van der Waals surface area contributed by atoms with E-state index in [1.165, 1.54) is 23.8 Å². The first-order valence-electron chi connectivity index (χ1n) is 11.9. The smallest absolute Gasteiger partial charge is 0.252 e. The molecule has 0 saturated carbocycles. The number of hydrogen-bond donors (Lipinski definition) is 1. The van der Waals surface area contributed by atoms with Crippen LogP contribution in [0.2, 0.25) is 0 Å². The number of nitrogens with one attached hydrogen (secondary N) is 1. The summed E-state index contributed by atoms with van der Waals surface area (Å²) in [6, 6.07) is 24.6. The van der Waals surface area contributed by atoms with Gasteiger partial charge in [0.25, 0.3) is 5.91 Å². The number of nitrogens with zero attached hydrogens (tertiary/aromatic N) is 2. The van der Waals surface area contributed by atoms with Crippen LogP contribution in [0.15, 0.2) is 91.0 Å².